The number of hydrogen-bond acceptors (Lipinski definition) is 7. The molecule has 0 saturated carbocycles. The van der Waals surface area contributed by atoms with Crippen molar-refractivity contribution >= 4 is 23.3 Å². The van der Waals surface area contributed by atoms with Crippen LogP contribution in [-0.2, 0) is 5.41 Å². The number of aromatic nitrogens is 4. The van der Waals surface area contributed by atoms with Gasteiger partial charge in [0.05, 0.1) is 6.20 Å². The third kappa shape index (κ3) is 4.62. The minimum absolute atomic E-state index is 0.133. The van der Waals surface area contributed by atoms with Crippen molar-refractivity contribution in [1.29, 1.82) is 0 Å². The molecule has 0 radical (unpaired) electrons. The SMILES string of the molecule is CC(C)(C)c1ccc(Nc2nncc(N3CCN(c4ccccn4)CC3)n2)cc1. The Bertz CT molecular complexity index is 927. The lowest BCUT2D eigenvalue weighted by molar-refractivity contribution is 0.590. The van der Waals surface area contributed by atoms with E-state index in [4.69, 9.17) is 0 Å². The van der Waals surface area contributed by atoms with Gasteiger partial charge in [0.2, 0.25) is 5.95 Å². The minimum Gasteiger partial charge on any atom is -0.353 e. The summed E-state index contributed by atoms with van der Waals surface area (Å²) < 4.78 is 0. The zero-order valence-electron chi connectivity index (χ0n) is 17.2. The zero-order valence-corrected chi connectivity index (χ0v) is 17.2. The van der Waals surface area contributed by atoms with Gasteiger partial charge >= 0.3 is 0 Å². The monoisotopic (exact) mass is 389 g/mol. The van der Waals surface area contributed by atoms with Gasteiger partial charge < -0.3 is 15.1 Å². The Hall–Kier alpha value is -3.22. The van der Waals surface area contributed by atoms with Gasteiger partial charge in [-0.2, -0.15) is 10.1 Å². The quantitative estimate of drug-likeness (QED) is 0.730. The van der Waals surface area contributed by atoms with Crippen LogP contribution in [0, 0.1) is 0 Å². The van der Waals surface area contributed by atoms with Crippen molar-refractivity contribution in [3.63, 3.8) is 0 Å². The van der Waals surface area contributed by atoms with E-state index in [0.717, 1.165) is 43.5 Å². The second-order valence-electron chi connectivity index (χ2n) is 8.25. The summed E-state index contributed by atoms with van der Waals surface area (Å²) in [5, 5.41) is 11.6. The maximum atomic E-state index is 4.67. The number of anilines is 4. The first-order valence-electron chi connectivity index (χ1n) is 9.97. The van der Waals surface area contributed by atoms with E-state index < -0.39 is 0 Å². The molecule has 1 saturated heterocycles. The summed E-state index contributed by atoms with van der Waals surface area (Å²) in [6.07, 6.45) is 3.56. The van der Waals surface area contributed by atoms with Crippen LogP contribution in [0.4, 0.5) is 23.3 Å². The Morgan fingerprint density at radius 1 is 0.862 bits per heavy atom. The number of benzene rings is 1. The first-order chi connectivity index (χ1) is 14.0. The lowest BCUT2D eigenvalue weighted by atomic mass is 9.87. The molecule has 7 nitrogen and oxygen atoms in total. The predicted octanol–water partition coefficient (Wildman–Crippen LogP) is 3.63. The van der Waals surface area contributed by atoms with Gasteiger partial charge in [-0.1, -0.05) is 39.0 Å². The first kappa shape index (κ1) is 19.1. The van der Waals surface area contributed by atoms with Gasteiger partial charge in [-0.3, -0.25) is 0 Å². The molecule has 7 heteroatoms. The van der Waals surface area contributed by atoms with Gasteiger partial charge in [0.15, 0.2) is 5.82 Å². The maximum Gasteiger partial charge on any atom is 0.249 e. The lowest BCUT2D eigenvalue weighted by Crippen LogP contribution is -2.47. The Kier molecular flexibility index (Phi) is 5.29. The van der Waals surface area contributed by atoms with Gasteiger partial charge in [-0.05, 0) is 35.2 Å². The van der Waals surface area contributed by atoms with Crippen LogP contribution in [0.3, 0.4) is 0 Å². The summed E-state index contributed by atoms with van der Waals surface area (Å²) in [7, 11) is 0. The minimum atomic E-state index is 0.133. The molecule has 1 aromatic carbocycles. The largest absolute Gasteiger partial charge is 0.353 e. The summed E-state index contributed by atoms with van der Waals surface area (Å²) in [6.45, 7) is 10.2. The van der Waals surface area contributed by atoms with E-state index in [-0.39, 0.29) is 5.41 Å². The average molecular weight is 390 g/mol. The highest BCUT2D eigenvalue weighted by atomic mass is 15.3. The molecule has 2 aromatic heterocycles. The number of nitrogens with one attached hydrogen (secondary N) is 1. The molecule has 0 bridgehead atoms. The van der Waals surface area contributed by atoms with E-state index >= 15 is 0 Å². The van der Waals surface area contributed by atoms with Crippen LogP contribution in [0.5, 0.6) is 0 Å². The average Bonchev–Trinajstić information content (AvgIpc) is 2.74. The summed E-state index contributed by atoms with van der Waals surface area (Å²) in [6, 6.07) is 14.4. The van der Waals surface area contributed by atoms with E-state index in [9.17, 15) is 0 Å². The van der Waals surface area contributed by atoms with E-state index in [1.807, 2.05) is 18.3 Å². The molecule has 150 valence electrons. The Labute approximate surface area is 171 Å². The van der Waals surface area contributed by atoms with Crippen molar-refractivity contribution in [2.75, 3.05) is 41.3 Å². The molecule has 1 fully saturated rings. The number of piperazine rings is 1. The van der Waals surface area contributed by atoms with Crippen LogP contribution in [0.2, 0.25) is 0 Å². The highest BCUT2D eigenvalue weighted by Gasteiger charge is 2.20. The Morgan fingerprint density at radius 3 is 2.17 bits per heavy atom. The number of pyridine rings is 1. The van der Waals surface area contributed by atoms with Crippen molar-refractivity contribution in [2.24, 2.45) is 0 Å². The molecular weight excluding hydrogens is 362 g/mol. The Balaban J connectivity index is 1.40. The number of hydrogen-bond donors (Lipinski definition) is 1. The molecular formula is C22H27N7. The standard InChI is InChI=1S/C22H27N7/c1-22(2,3)17-7-9-18(10-8-17)25-21-26-20(16-24-27-21)29-14-12-28(13-15-29)19-6-4-5-11-23-19/h4-11,16H,12-15H2,1-3H3,(H,25,26,27). The second kappa shape index (κ2) is 8.03. The molecule has 1 aliphatic rings. The first-order valence-corrected chi connectivity index (χ1v) is 9.97. The summed E-state index contributed by atoms with van der Waals surface area (Å²) in [5.74, 6) is 2.38. The molecule has 0 aliphatic carbocycles. The fourth-order valence-corrected chi connectivity index (χ4v) is 3.39. The molecule has 0 spiro atoms. The van der Waals surface area contributed by atoms with Crippen molar-refractivity contribution < 1.29 is 0 Å². The highest BCUT2D eigenvalue weighted by molar-refractivity contribution is 5.55. The molecule has 4 rings (SSSR count). The van der Waals surface area contributed by atoms with Crippen molar-refractivity contribution in [3.05, 3.63) is 60.4 Å². The normalized spacial score (nSPS) is 14.7. The lowest BCUT2D eigenvalue weighted by Gasteiger charge is -2.35. The number of rotatable bonds is 4. The van der Waals surface area contributed by atoms with Crippen LogP contribution in [0.1, 0.15) is 26.3 Å². The topological polar surface area (TPSA) is 70.1 Å². The third-order valence-corrected chi connectivity index (χ3v) is 5.13. The molecule has 0 atom stereocenters. The van der Waals surface area contributed by atoms with Gasteiger partial charge in [0.25, 0.3) is 0 Å². The van der Waals surface area contributed by atoms with E-state index in [1.165, 1.54) is 5.56 Å². The van der Waals surface area contributed by atoms with Crippen molar-refractivity contribution in [1.82, 2.24) is 20.2 Å². The predicted molar refractivity (Wildman–Crippen MR) is 117 cm³/mol. The van der Waals surface area contributed by atoms with E-state index in [0.29, 0.717) is 5.95 Å². The van der Waals surface area contributed by atoms with Crippen LogP contribution in [-0.4, -0.2) is 46.3 Å². The molecule has 3 heterocycles. The van der Waals surface area contributed by atoms with E-state index in [1.54, 1.807) is 6.20 Å². The summed E-state index contributed by atoms with van der Waals surface area (Å²) in [4.78, 5) is 13.6. The smallest absolute Gasteiger partial charge is 0.249 e. The molecule has 29 heavy (non-hydrogen) atoms. The molecule has 1 aliphatic heterocycles. The molecule has 1 N–H and O–H groups in total. The Morgan fingerprint density at radius 2 is 1.55 bits per heavy atom. The van der Waals surface area contributed by atoms with Gasteiger partial charge in [0, 0.05) is 38.1 Å². The maximum absolute atomic E-state index is 4.67. The fourth-order valence-electron chi connectivity index (χ4n) is 3.39. The molecule has 3 aromatic rings. The van der Waals surface area contributed by atoms with Crippen molar-refractivity contribution in [2.45, 2.75) is 26.2 Å². The zero-order chi connectivity index (χ0) is 20.3. The number of nitrogens with zero attached hydrogens (tertiary/aromatic N) is 6. The van der Waals surface area contributed by atoms with Crippen LogP contribution < -0.4 is 15.1 Å². The van der Waals surface area contributed by atoms with Crippen LogP contribution in [0.25, 0.3) is 0 Å². The molecule has 0 unspecified atom stereocenters. The third-order valence-electron chi connectivity index (χ3n) is 5.13. The van der Waals surface area contributed by atoms with Gasteiger partial charge in [-0.25, -0.2) is 4.98 Å². The second-order valence-corrected chi connectivity index (χ2v) is 8.25. The van der Waals surface area contributed by atoms with Gasteiger partial charge in [0.1, 0.15) is 5.82 Å². The van der Waals surface area contributed by atoms with Gasteiger partial charge in [-0.15, -0.1) is 5.10 Å². The van der Waals surface area contributed by atoms with E-state index in [2.05, 4.69) is 86.4 Å². The summed E-state index contributed by atoms with van der Waals surface area (Å²) >= 11 is 0. The van der Waals surface area contributed by atoms with Crippen LogP contribution >= 0.6 is 0 Å². The molecule has 0 amide bonds. The fraction of sp³-hybridized carbons (Fsp3) is 0.364. The summed E-state index contributed by atoms with van der Waals surface area (Å²) in [5.41, 5.74) is 2.38. The van der Waals surface area contributed by atoms with Crippen LogP contribution in [0.15, 0.2) is 54.9 Å². The van der Waals surface area contributed by atoms with Crippen molar-refractivity contribution in [3.8, 4) is 0 Å². The highest BCUT2D eigenvalue weighted by Crippen LogP contribution is 2.24.